The number of non-ortho nitro benzene ring substituents is 1. The lowest BCUT2D eigenvalue weighted by Gasteiger charge is -2.64. The molecule has 1 aromatic rings. The van der Waals surface area contributed by atoms with Crippen LogP contribution in [0.3, 0.4) is 0 Å². The average Bonchev–Trinajstić information content (AvgIpc) is 2.67. The summed E-state index contributed by atoms with van der Waals surface area (Å²) in [5.74, 6) is 0.315. The molecule has 0 N–H and O–H groups in total. The summed E-state index contributed by atoms with van der Waals surface area (Å²) in [5, 5.41) is 10.7. The minimum absolute atomic E-state index is 0.119. The highest BCUT2D eigenvalue weighted by Crippen LogP contribution is 2.45. The van der Waals surface area contributed by atoms with Crippen molar-refractivity contribution < 1.29 is 9.72 Å². The van der Waals surface area contributed by atoms with E-state index < -0.39 is 0 Å². The second-order valence-electron chi connectivity index (χ2n) is 7.53. The van der Waals surface area contributed by atoms with E-state index in [-0.39, 0.29) is 10.6 Å². The summed E-state index contributed by atoms with van der Waals surface area (Å²) >= 11 is 0. The topological polar surface area (TPSA) is 66.7 Å². The summed E-state index contributed by atoms with van der Waals surface area (Å²) in [6, 6.07) is 8.39. The van der Waals surface area contributed by atoms with Crippen molar-refractivity contribution in [1.82, 2.24) is 9.80 Å². The molecule has 6 heteroatoms. The van der Waals surface area contributed by atoms with Crippen molar-refractivity contribution in [3.05, 3.63) is 46.0 Å². The summed E-state index contributed by atoms with van der Waals surface area (Å²) in [5.41, 5.74) is 1.10. The van der Waals surface area contributed by atoms with E-state index in [1.54, 1.807) is 24.3 Å². The molecule has 5 heterocycles. The molecule has 1 amide bonds. The SMILES string of the molecule is CCC(=O)N1C2CCC3C1CCC2N3CC=Cc1ccc([N+](=O)[O-])cc1. The van der Waals surface area contributed by atoms with Gasteiger partial charge in [-0.25, -0.2) is 0 Å². The molecule has 6 nitrogen and oxygen atoms in total. The van der Waals surface area contributed by atoms with Crippen LogP contribution >= 0.6 is 0 Å². The van der Waals surface area contributed by atoms with Gasteiger partial charge in [-0.1, -0.05) is 19.1 Å². The molecule has 4 atom stereocenters. The molecule has 4 unspecified atom stereocenters. The Kier molecular flexibility index (Phi) is 4.53. The highest BCUT2D eigenvalue weighted by atomic mass is 16.6. The zero-order valence-corrected chi connectivity index (χ0v) is 15.1. The number of piperazine rings is 1. The van der Waals surface area contributed by atoms with Gasteiger partial charge in [0.25, 0.3) is 5.69 Å². The predicted octanol–water partition coefficient (Wildman–Crippen LogP) is 3.22. The van der Waals surface area contributed by atoms with Crippen molar-refractivity contribution >= 4 is 17.7 Å². The van der Waals surface area contributed by atoms with Gasteiger partial charge in [0.15, 0.2) is 0 Å². The van der Waals surface area contributed by atoms with E-state index in [9.17, 15) is 14.9 Å². The first-order chi connectivity index (χ1) is 12.6. The maximum atomic E-state index is 12.4. The van der Waals surface area contributed by atoms with Crippen LogP contribution in [-0.4, -0.2) is 51.3 Å². The smallest absolute Gasteiger partial charge is 0.269 e. The summed E-state index contributed by atoms with van der Waals surface area (Å²) < 4.78 is 0. The van der Waals surface area contributed by atoms with E-state index in [1.165, 1.54) is 12.8 Å². The summed E-state index contributed by atoms with van der Waals surface area (Å²) in [7, 11) is 0. The fraction of sp³-hybridized carbons (Fsp3) is 0.550. The first-order valence-corrected chi connectivity index (χ1v) is 9.58. The van der Waals surface area contributed by atoms with Gasteiger partial charge >= 0.3 is 0 Å². The Morgan fingerprint density at radius 3 is 2.23 bits per heavy atom. The van der Waals surface area contributed by atoms with E-state index in [4.69, 9.17) is 0 Å². The van der Waals surface area contributed by atoms with E-state index in [2.05, 4.69) is 15.9 Å². The lowest BCUT2D eigenvalue weighted by Crippen LogP contribution is -2.76. The highest BCUT2D eigenvalue weighted by Gasteiger charge is 2.55. The van der Waals surface area contributed by atoms with Crippen molar-refractivity contribution in [3.8, 4) is 0 Å². The number of amides is 1. The van der Waals surface area contributed by atoms with Crippen LogP contribution in [0.15, 0.2) is 30.3 Å². The van der Waals surface area contributed by atoms with E-state index >= 15 is 0 Å². The van der Waals surface area contributed by atoms with Crippen LogP contribution < -0.4 is 0 Å². The van der Waals surface area contributed by atoms with Gasteiger partial charge in [-0.2, -0.15) is 0 Å². The molecule has 4 bridgehead atoms. The molecule has 1 aromatic carbocycles. The molecule has 138 valence electrons. The Balaban J connectivity index is 1.44. The summed E-state index contributed by atoms with van der Waals surface area (Å²) in [6.45, 7) is 2.84. The fourth-order valence-corrected chi connectivity index (χ4v) is 5.21. The number of fused-ring (bicyclic) bond motifs is 2. The number of nitrogens with zero attached hydrogens (tertiary/aromatic N) is 3. The number of hydrogen-bond acceptors (Lipinski definition) is 4. The average molecular weight is 355 g/mol. The number of carbonyl (C=O) groups excluding carboxylic acids is 1. The van der Waals surface area contributed by atoms with Crippen molar-refractivity contribution in [2.75, 3.05) is 6.54 Å². The molecule has 5 saturated heterocycles. The van der Waals surface area contributed by atoms with Crippen LogP contribution in [0.4, 0.5) is 5.69 Å². The minimum atomic E-state index is -0.377. The van der Waals surface area contributed by atoms with E-state index in [0.29, 0.717) is 36.5 Å². The molecule has 0 spiro atoms. The largest absolute Gasteiger partial charge is 0.334 e. The van der Waals surface area contributed by atoms with Crippen molar-refractivity contribution in [2.45, 2.75) is 63.2 Å². The fourth-order valence-electron chi connectivity index (χ4n) is 5.21. The Morgan fingerprint density at radius 1 is 1.12 bits per heavy atom. The number of nitro benzene ring substituents is 1. The van der Waals surface area contributed by atoms with Gasteiger partial charge in [-0.3, -0.25) is 19.8 Å². The number of hydrogen-bond donors (Lipinski definition) is 0. The third-order valence-electron chi connectivity index (χ3n) is 6.29. The van der Waals surface area contributed by atoms with Crippen molar-refractivity contribution in [1.29, 1.82) is 0 Å². The van der Waals surface area contributed by atoms with Gasteiger partial charge < -0.3 is 4.90 Å². The third kappa shape index (κ3) is 2.82. The van der Waals surface area contributed by atoms with Gasteiger partial charge in [-0.15, -0.1) is 0 Å². The lowest BCUT2D eigenvalue weighted by atomic mass is 9.71. The molecule has 0 saturated carbocycles. The first-order valence-electron chi connectivity index (χ1n) is 9.58. The maximum Gasteiger partial charge on any atom is 0.269 e. The lowest BCUT2D eigenvalue weighted by molar-refractivity contribution is -0.384. The van der Waals surface area contributed by atoms with E-state index in [0.717, 1.165) is 24.9 Å². The predicted molar refractivity (Wildman–Crippen MR) is 99.6 cm³/mol. The molecule has 5 aliphatic rings. The Morgan fingerprint density at radius 2 is 1.69 bits per heavy atom. The Labute approximate surface area is 153 Å². The van der Waals surface area contributed by atoms with Gasteiger partial charge in [0.05, 0.1) is 4.92 Å². The molecule has 0 aromatic heterocycles. The first kappa shape index (κ1) is 17.2. The molecular formula is C20H25N3O3. The quantitative estimate of drug-likeness (QED) is 0.601. The van der Waals surface area contributed by atoms with Crippen molar-refractivity contribution in [3.63, 3.8) is 0 Å². The number of rotatable bonds is 5. The molecule has 6 rings (SSSR count). The third-order valence-corrected chi connectivity index (χ3v) is 6.29. The molecular weight excluding hydrogens is 330 g/mol. The van der Waals surface area contributed by atoms with Crippen molar-refractivity contribution in [2.24, 2.45) is 0 Å². The monoisotopic (exact) mass is 355 g/mol. The number of piperidine rings is 4. The van der Waals surface area contributed by atoms with Gasteiger partial charge in [-0.05, 0) is 43.4 Å². The molecule has 26 heavy (non-hydrogen) atoms. The molecule has 0 radical (unpaired) electrons. The minimum Gasteiger partial charge on any atom is -0.334 e. The van der Waals surface area contributed by atoms with Crippen LogP contribution in [0.25, 0.3) is 6.08 Å². The zero-order chi connectivity index (χ0) is 18.3. The second-order valence-corrected chi connectivity index (χ2v) is 7.53. The summed E-state index contributed by atoms with van der Waals surface area (Å²) in [4.78, 5) is 27.5. The zero-order valence-electron chi connectivity index (χ0n) is 15.1. The molecule has 0 aliphatic carbocycles. The van der Waals surface area contributed by atoms with Gasteiger partial charge in [0.1, 0.15) is 0 Å². The van der Waals surface area contributed by atoms with Gasteiger partial charge in [0, 0.05) is 49.3 Å². The van der Waals surface area contributed by atoms with Crippen LogP contribution in [0.5, 0.6) is 0 Å². The van der Waals surface area contributed by atoms with Crippen LogP contribution in [0, 0.1) is 10.1 Å². The second kappa shape index (κ2) is 6.83. The number of benzene rings is 1. The standard InChI is InChI=1S/C20H25N3O3/c1-2-20(24)22-18-11-9-16-19(22)12-10-17(18)21(16)13-3-4-14-5-7-15(8-6-14)23(25)26/h3-8,16-19H,2,9-13H2,1H3. The number of carbonyl (C=O) groups is 1. The normalized spacial score (nSPS) is 30.3. The van der Waals surface area contributed by atoms with Crippen LogP contribution in [-0.2, 0) is 4.79 Å². The highest BCUT2D eigenvalue weighted by molar-refractivity contribution is 5.77. The van der Waals surface area contributed by atoms with E-state index in [1.807, 2.05) is 13.0 Å². The summed E-state index contributed by atoms with van der Waals surface area (Å²) in [6.07, 6.45) is 9.44. The number of nitro groups is 1. The molecule has 5 fully saturated rings. The Bertz CT molecular complexity index is 710. The van der Waals surface area contributed by atoms with Crippen LogP contribution in [0.1, 0.15) is 44.6 Å². The molecule has 5 aliphatic heterocycles. The van der Waals surface area contributed by atoms with Gasteiger partial charge in [0.2, 0.25) is 5.91 Å². The Hall–Kier alpha value is -2.21. The maximum absolute atomic E-state index is 12.4. The van der Waals surface area contributed by atoms with Crippen LogP contribution in [0.2, 0.25) is 0 Å².